The third-order valence-electron chi connectivity index (χ3n) is 10.2. The second-order valence-electron chi connectivity index (χ2n) is 12.8. The van der Waals surface area contributed by atoms with Crippen LogP contribution in [0.15, 0.2) is 182 Å². The van der Waals surface area contributed by atoms with E-state index in [1.54, 1.807) is 0 Å². The molecular weight excluding hydrogens is 591 g/mol. The van der Waals surface area contributed by atoms with Gasteiger partial charge in [-0.3, -0.25) is 0 Å². The number of hydrogen-bond donors (Lipinski definition) is 0. The van der Waals surface area contributed by atoms with Crippen LogP contribution >= 0.6 is 0 Å². The molecule has 0 aromatic heterocycles. The lowest BCUT2D eigenvalue weighted by Gasteiger charge is -2.26. The summed E-state index contributed by atoms with van der Waals surface area (Å²) in [5.74, 6) is 0. The van der Waals surface area contributed by atoms with Gasteiger partial charge in [-0.1, -0.05) is 170 Å². The molecule has 10 rings (SSSR count). The van der Waals surface area contributed by atoms with Crippen LogP contribution in [-0.4, -0.2) is 0 Å². The normalized spacial score (nSPS) is 11.7. The maximum Gasteiger partial charge on any atom is 0.0722 e. The van der Waals surface area contributed by atoms with Gasteiger partial charge in [0.05, 0.1) is 11.4 Å². The highest BCUT2D eigenvalue weighted by Crippen LogP contribution is 2.53. The molecule has 2 aliphatic rings. The van der Waals surface area contributed by atoms with Gasteiger partial charge in [0, 0.05) is 11.1 Å². The Balaban J connectivity index is 1.25. The van der Waals surface area contributed by atoms with E-state index in [4.69, 9.17) is 5.32 Å². The molecule has 0 amide bonds. The van der Waals surface area contributed by atoms with E-state index in [1.165, 1.54) is 77.9 Å². The zero-order chi connectivity index (χ0) is 32.3. The summed E-state index contributed by atoms with van der Waals surface area (Å²) < 4.78 is 0. The monoisotopic (exact) mass is 620 g/mol. The fraction of sp³-hybridized carbons (Fsp3) is 0. The number of nitrogens with zero attached hydrogens (tertiary/aromatic N) is 1. The Morgan fingerprint density at radius 2 is 0.388 bits per heavy atom. The molecule has 8 aromatic carbocycles. The van der Waals surface area contributed by atoms with Crippen LogP contribution in [0.4, 0.5) is 11.4 Å². The first kappa shape index (κ1) is 27.7. The van der Waals surface area contributed by atoms with Crippen molar-refractivity contribution in [2.45, 2.75) is 0 Å². The van der Waals surface area contributed by atoms with Crippen LogP contribution in [0.1, 0.15) is 0 Å². The smallest absolute Gasteiger partial charge is 0.0722 e. The van der Waals surface area contributed by atoms with Gasteiger partial charge in [0.1, 0.15) is 0 Å². The predicted molar refractivity (Wildman–Crippen MR) is 205 cm³/mol. The summed E-state index contributed by atoms with van der Waals surface area (Å²) in [7, 11) is 0. The Hall–Kier alpha value is -6.44. The Bertz CT molecular complexity index is 2400. The summed E-state index contributed by atoms with van der Waals surface area (Å²) in [6.45, 7) is 0. The van der Waals surface area contributed by atoms with Gasteiger partial charge in [-0.05, 0) is 90.0 Å². The van der Waals surface area contributed by atoms with Crippen molar-refractivity contribution in [1.29, 1.82) is 0 Å². The van der Waals surface area contributed by atoms with Crippen molar-refractivity contribution in [2.24, 2.45) is 0 Å². The minimum atomic E-state index is 0.959. The fourth-order valence-corrected chi connectivity index (χ4v) is 8.09. The van der Waals surface area contributed by atoms with Crippen molar-refractivity contribution in [3.05, 3.63) is 182 Å². The highest BCUT2D eigenvalue weighted by Gasteiger charge is 2.27. The second kappa shape index (κ2) is 11.1. The van der Waals surface area contributed by atoms with Gasteiger partial charge < -0.3 is 0 Å². The lowest BCUT2D eigenvalue weighted by molar-refractivity contribution is 1.19. The first-order valence-corrected chi connectivity index (χ1v) is 16.9. The van der Waals surface area contributed by atoms with Crippen molar-refractivity contribution in [3.63, 3.8) is 0 Å². The van der Waals surface area contributed by atoms with Crippen LogP contribution in [0.2, 0.25) is 0 Å². The summed E-state index contributed by atoms with van der Waals surface area (Å²) in [6.07, 6.45) is 0. The van der Waals surface area contributed by atoms with E-state index in [0.717, 1.165) is 22.5 Å². The van der Waals surface area contributed by atoms with Gasteiger partial charge in [-0.15, -0.1) is 0 Å². The molecule has 0 spiro atoms. The van der Waals surface area contributed by atoms with Gasteiger partial charge >= 0.3 is 0 Å². The van der Waals surface area contributed by atoms with Crippen molar-refractivity contribution in [1.82, 2.24) is 5.32 Å². The van der Waals surface area contributed by atoms with E-state index < -0.39 is 0 Å². The molecule has 1 radical (unpaired) electrons. The molecule has 0 heterocycles. The average Bonchev–Trinajstić information content (AvgIpc) is 3.17. The van der Waals surface area contributed by atoms with Crippen LogP contribution in [0.25, 0.3) is 89.0 Å². The van der Waals surface area contributed by atoms with Gasteiger partial charge in [-0.25, -0.2) is 5.32 Å². The quantitative estimate of drug-likeness (QED) is 0.183. The SMILES string of the molecule is c1ccc2c(c1)-c1ccccc1-c1cccc([N]c3cccc4c3-c3ccccc3-c3ccccc3-c3ccccc3-4)c1-c1ccccc1-2. The highest BCUT2D eigenvalue weighted by molar-refractivity contribution is 6.08. The van der Waals surface area contributed by atoms with Gasteiger partial charge in [-0.2, -0.15) is 0 Å². The molecule has 0 unspecified atom stereocenters. The number of hydrogen-bond acceptors (Lipinski definition) is 0. The van der Waals surface area contributed by atoms with Crippen LogP contribution in [-0.2, 0) is 0 Å². The Kier molecular flexibility index (Phi) is 6.25. The van der Waals surface area contributed by atoms with E-state index in [0.29, 0.717) is 0 Å². The molecule has 227 valence electrons. The molecule has 0 fully saturated rings. The van der Waals surface area contributed by atoms with Gasteiger partial charge in [0.25, 0.3) is 0 Å². The van der Waals surface area contributed by atoms with Crippen LogP contribution in [0.3, 0.4) is 0 Å². The Morgan fingerprint density at radius 1 is 0.184 bits per heavy atom. The van der Waals surface area contributed by atoms with E-state index in [-0.39, 0.29) is 0 Å². The molecule has 0 N–H and O–H groups in total. The van der Waals surface area contributed by atoms with Crippen molar-refractivity contribution >= 4 is 11.4 Å². The molecule has 1 nitrogen and oxygen atoms in total. The minimum absolute atomic E-state index is 0.959. The van der Waals surface area contributed by atoms with Crippen LogP contribution in [0.5, 0.6) is 0 Å². The first-order valence-electron chi connectivity index (χ1n) is 16.9. The number of rotatable bonds is 2. The van der Waals surface area contributed by atoms with E-state index >= 15 is 0 Å². The molecule has 2 aliphatic carbocycles. The number of fused-ring (bicyclic) bond motifs is 16. The summed E-state index contributed by atoms with van der Waals surface area (Å²) in [5, 5.41) is 5.67. The zero-order valence-corrected chi connectivity index (χ0v) is 26.8. The molecule has 0 aliphatic heterocycles. The lowest BCUT2D eigenvalue weighted by atomic mass is 9.79. The maximum absolute atomic E-state index is 5.67. The molecule has 1 heteroatoms. The third kappa shape index (κ3) is 4.26. The highest BCUT2D eigenvalue weighted by atomic mass is 14.9. The topological polar surface area (TPSA) is 14.1 Å². The van der Waals surface area contributed by atoms with Crippen molar-refractivity contribution in [2.75, 3.05) is 0 Å². The van der Waals surface area contributed by atoms with E-state index in [2.05, 4.69) is 182 Å². The van der Waals surface area contributed by atoms with Crippen LogP contribution in [0, 0.1) is 0 Å². The molecule has 49 heavy (non-hydrogen) atoms. The molecule has 0 atom stereocenters. The van der Waals surface area contributed by atoms with E-state index in [1.807, 2.05) is 0 Å². The summed E-state index contributed by atoms with van der Waals surface area (Å²) >= 11 is 0. The molecular formula is C48H30N. The van der Waals surface area contributed by atoms with Crippen LogP contribution < -0.4 is 5.32 Å². The largest absolute Gasteiger partial charge is 0.248 e. The zero-order valence-electron chi connectivity index (χ0n) is 26.8. The average molecular weight is 621 g/mol. The molecule has 0 bridgehead atoms. The van der Waals surface area contributed by atoms with Gasteiger partial charge in [0.2, 0.25) is 0 Å². The predicted octanol–water partition coefficient (Wildman–Crippen LogP) is 13.2. The number of benzene rings is 8. The first-order chi connectivity index (χ1) is 24.3. The maximum atomic E-state index is 5.67. The van der Waals surface area contributed by atoms with E-state index in [9.17, 15) is 0 Å². The third-order valence-corrected chi connectivity index (χ3v) is 10.2. The second-order valence-corrected chi connectivity index (χ2v) is 12.8. The summed E-state index contributed by atoms with van der Waals surface area (Å²) in [4.78, 5) is 0. The van der Waals surface area contributed by atoms with Crippen molar-refractivity contribution in [3.8, 4) is 89.0 Å². The fourth-order valence-electron chi connectivity index (χ4n) is 8.09. The standard InChI is InChI=1S/C48H30N/c1-3-17-33-31(15-1)35-19-5-7-21-39(35)43-27-13-29-45(47(43)41-25-11-9-23-37(33)41)49-46-30-14-28-44-40-22-8-6-20-36(40)32-16-2-4-18-34(32)38-24-10-12-26-42(38)48(44)46/h1-30H. The Morgan fingerprint density at radius 3 is 0.673 bits per heavy atom. The lowest BCUT2D eigenvalue weighted by Crippen LogP contribution is -2.03. The molecule has 8 aromatic rings. The molecule has 0 saturated heterocycles. The Labute approximate surface area is 286 Å². The van der Waals surface area contributed by atoms with Gasteiger partial charge in [0.15, 0.2) is 0 Å². The molecule has 0 saturated carbocycles. The summed E-state index contributed by atoms with van der Waals surface area (Å²) in [5.41, 5.74) is 21.3. The minimum Gasteiger partial charge on any atom is -0.248 e. The van der Waals surface area contributed by atoms with Crippen molar-refractivity contribution < 1.29 is 0 Å². The summed E-state index contributed by atoms with van der Waals surface area (Å²) in [6, 6.07) is 66.0.